The topological polar surface area (TPSA) is 58.3 Å². The molecule has 0 spiro atoms. The summed E-state index contributed by atoms with van der Waals surface area (Å²) >= 11 is 0. The van der Waals surface area contributed by atoms with Gasteiger partial charge < -0.3 is 14.8 Å². The van der Waals surface area contributed by atoms with Crippen LogP contribution in [0.15, 0.2) is 41.3 Å². The molecule has 1 aromatic carbocycles. The average Bonchev–Trinajstić information content (AvgIpc) is 3.09. The lowest BCUT2D eigenvalue weighted by Crippen LogP contribution is -2.35. The maximum atomic E-state index is 9.73. The number of aliphatic hydroxyl groups is 1. The fourth-order valence-electron chi connectivity index (χ4n) is 3.09. The molecule has 21 heavy (non-hydrogen) atoms. The van der Waals surface area contributed by atoms with E-state index in [0.717, 1.165) is 36.4 Å². The molecular weight excluding hydrogens is 264 g/mol. The molecule has 3 rings (SSSR count). The smallest absolute Gasteiger partial charge is 0.181 e. The molecule has 1 aromatic heterocycles. The first-order chi connectivity index (χ1) is 10.3. The van der Waals surface area contributed by atoms with E-state index in [1.54, 1.807) is 6.20 Å². The van der Waals surface area contributed by atoms with Crippen LogP contribution in [0.5, 0.6) is 0 Å². The Hall–Kier alpha value is -1.81. The van der Waals surface area contributed by atoms with Gasteiger partial charge in [0.15, 0.2) is 12.2 Å². The molecule has 0 amide bonds. The van der Waals surface area contributed by atoms with Crippen LogP contribution in [0.2, 0.25) is 0 Å². The van der Waals surface area contributed by atoms with Crippen LogP contribution in [0, 0.1) is 5.41 Å². The molecule has 1 fully saturated rings. The second-order valence-electron chi connectivity index (χ2n) is 6.02. The van der Waals surface area contributed by atoms with Crippen molar-refractivity contribution in [2.75, 3.05) is 18.5 Å². The lowest BCUT2D eigenvalue weighted by molar-refractivity contribution is 0.0944. The first-order valence-corrected chi connectivity index (χ1v) is 7.65. The van der Waals surface area contributed by atoms with Crippen molar-refractivity contribution in [1.82, 2.24) is 4.98 Å². The van der Waals surface area contributed by atoms with Crippen molar-refractivity contribution >= 4 is 5.69 Å². The zero-order valence-electron chi connectivity index (χ0n) is 12.2. The molecule has 1 heterocycles. The van der Waals surface area contributed by atoms with Gasteiger partial charge in [0, 0.05) is 23.2 Å². The highest BCUT2D eigenvalue weighted by atomic mass is 16.3. The number of anilines is 1. The van der Waals surface area contributed by atoms with E-state index in [2.05, 4.69) is 10.3 Å². The molecule has 0 aliphatic heterocycles. The van der Waals surface area contributed by atoms with E-state index < -0.39 is 0 Å². The largest absolute Gasteiger partial charge is 0.444 e. The lowest BCUT2D eigenvalue weighted by Gasteiger charge is -2.36. The van der Waals surface area contributed by atoms with Gasteiger partial charge in [0.05, 0.1) is 12.8 Å². The SMILES string of the molecule is OCC1(CNc2ccc(-c3cnco3)cc2)CCCCC1. The second kappa shape index (κ2) is 6.31. The number of nitrogens with one attached hydrogen (secondary N) is 1. The van der Waals surface area contributed by atoms with E-state index in [1.165, 1.54) is 25.7 Å². The summed E-state index contributed by atoms with van der Waals surface area (Å²) in [4.78, 5) is 3.93. The molecule has 1 aliphatic carbocycles. The van der Waals surface area contributed by atoms with E-state index in [0.29, 0.717) is 0 Å². The predicted molar refractivity (Wildman–Crippen MR) is 83.0 cm³/mol. The summed E-state index contributed by atoms with van der Waals surface area (Å²) in [6.07, 6.45) is 9.15. The van der Waals surface area contributed by atoms with Gasteiger partial charge in [-0.3, -0.25) is 0 Å². The Bertz CT molecular complexity index is 543. The summed E-state index contributed by atoms with van der Waals surface area (Å²) < 4.78 is 5.28. The van der Waals surface area contributed by atoms with Crippen molar-refractivity contribution in [3.8, 4) is 11.3 Å². The van der Waals surface area contributed by atoms with Crippen LogP contribution >= 0.6 is 0 Å². The minimum Gasteiger partial charge on any atom is -0.444 e. The third-order valence-electron chi connectivity index (χ3n) is 4.52. The van der Waals surface area contributed by atoms with E-state index >= 15 is 0 Å². The zero-order valence-corrected chi connectivity index (χ0v) is 12.2. The molecule has 0 atom stereocenters. The molecular formula is C17H22N2O2. The van der Waals surface area contributed by atoms with Gasteiger partial charge in [0.25, 0.3) is 0 Å². The third kappa shape index (κ3) is 3.27. The number of aromatic nitrogens is 1. The standard InChI is InChI=1S/C17H22N2O2/c20-12-17(8-2-1-3-9-17)11-19-15-6-4-14(5-7-15)16-10-18-13-21-16/h4-7,10,13,19-20H,1-3,8-9,11-12H2. The molecule has 0 unspecified atom stereocenters. The number of hydrogen-bond acceptors (Lipinski definition) is 4. The molecule has 4 heteroatoms. The van der Waals surface area contributed by atoms with Crippen molar-refractivity contribution in [2.45, 2.75) is 32.1 Å². The molecule has 4 nitrogen and oxygen atoms in total. The summed E-state index contributed by atoms with van der Waals surface area (Å²) in [7, 11) is 0. The van der Waals surface area contributed by atoms with E-state index in [-0.39, 0.29) is 12.0 Å². The van der Waals surface area contributed by atoms with Gasteiger partial charge in [0.2, 0.25) is 0 Å². The summed E-state index contributed by atoms with van der Waals surface area (Å²) in [6, 6.07) is 8.14. The van der Waals surface area contributed by atoms with Gasteiger partial charge >= 0.3 is 0 Å². The average molecular weight is 286 g/mol. The van der Waals surface area contributed by atoms with Crippen molar-refractivity contribution in [3.63, 3.8) is 0 Å². The number of nitrogens with zero attached hydrogens (tertiary/aromatic N) is 1. The fourth-order valence-corrected chi connectivity index (χ4v) is 3.09. The van der Waals surface area contributed by atoms with Crippen molar-refractivity contribution in [1.29, 1.82) is 0 Å². The Morgan fingerprint density at radius 2 is 1.90 bits per heavy atom. The van der Waals surface area contributed by atoms with Crippen molar-refractivity contribution < 1.29 is 9.52 Å². The quantitative estimate of drug-likeness (QED) is 0.880. The fraction of sp³-hybridized carbons (Fsp3) is 0.471. The molecule has 1 aliphatic rings. The molecule has 1 saturated carbocycles. The Labute approximate surface area is 125 Å². The molecule has 2 N–H and O–H groups in total. The summed E-state index contributed by atoms with van der Waals surface area (Å²) in [5.74, 6) is 0.778. The first-order valence-electron chi connectivity index (χ1n) is 7.65. The second-order valence-corrected chi connectivity index (χ2v) is 6.02. The van der Waals surface area contributed by atoms with Crippen molar-refractivity contribution in [2.24, 2.45) is 5.41 Å². The normalized spacial score (nSPS) is 17.6. The van der Waals surface area contributed by atoms with Crippen molar-refractivity contribution in [3.05, 3.63) is 36.9 Å². The van der Waals surface area contributed by atoms with Gasteiger partial charge in [-0.25, -0.2) is 4.98 Å². The van der Waals surface area contributed by atoms with Crippen LogP contribution in [-0.2, 0) is 0 Å². The van der Waals surface area contributed by atoms with E-state index in [1.807, 2.05) is 24.3 Å². The Balaban J connectivity index is 1.62. The summed E-state index contributed by atoms with van der Waals surface area (Å²) in [5.41, 5.74) is 2.16. The number of hydrogen-bond donors (Lipinski definition) is 2. The van der Waals surface area contributed by atoms with Gasteiger partial charge in [-0.05, 0) is 37.1 Å². The number of benzene rings is 1. The monoisotopic (exact) mass is 286 g/mol. The summed E-state index contributed by atoms with van der Waals surface area (Å²) in [6.45, 7) is 1.11. The first kappa shape index (κ1) is 14.1. The maximum Gasteiger partial charge on any atom is 0.181 e. The van der Waals surface area contributed by atoms with Crippen LogP contribution in [0.4, 0.5) is 5.69 Å². The van der Waals surface area contributed by atoms with Crippen LogP contribution < -0.4 is 5.32 Å². The van der Waals surface area contributed by atoms with Crippen LogP contribution in [0.25, 0.3) is 11.3 Å². The maximum absolute atomic E-state index is 9.73. The Morgan fingerprint density at radius 3 is 2.52 bits per heavy atom. The lowest BCUT2D eigenvalue weighted by atomic mass is 9.74. The third-order valence-corrected chi connectivity index (χ3v) is 4.52. The number of oxazole rings is 1. The molecule has 0 bridgehead atoms. The van der Waals surface area contributed by atoms with Crippen LogP contribution in [0.1, 0.15) is 32.1 Å². The highest BCUT2D eigenvalue weighted by molar-refractivity contribution is 5.60. The summed E-state index contributed by atoms with van der Waals surface area (Å²) in [5, 5.41) is 13.2. The number of aliphatic hydroxyl groups excluding tert-OH is 1. The van der Waals surface area contributed by atoms with Crippen LogP contribution in [0.3, 0.4) is 0 Å². The van der Waals surface area contributed by atoms with Gasteiger partial charge in [-0.15, -0.1) is 0 Å². The van der Waals surface area contributed by atoms with E-state index in [9.17, 15) is 5.11 Å². The Kier molecular flexibility index (Phi) is 4.25. The van der Waals surface area contributed by atoms with E-state index in [4.69, 9.17) is 4.42 Å². The minimum absolute atomic E-state index is 0.0574. The molecule has 2 aromatic rings. The highest BCUT2D eigenvalue weighted by Crippen LogP contribution is 2.36. The number of rotatable bonds is 5. The minimum atomic E-state index is 0.0574. The predicted octanol–water partition coefficient (Wildman–Crippen LogP) is 3.70. The Morgan fingerprint density at radius 1 is 1.14 bits per heavy atom. The van der Waals surface area contributed by atoms with Crippen LogP contribution in [-0.4, -0.2) is 23.2 Å². The molecule has 0 saturated heterocycles. The van der Waals surface area contributed by atoms with Gasteiger partial charge in [0.1, 0.15) is 0 Å². The highest BCUT2D eigenvalue weighted by Gasteiger charge is 2.30. The zero-order chi connectivity index (χ0) is 14.5. The van der Waals surface area contributed by atoms with Gasteiger partial charge in [-0.2, -0.15) is 0 Å². The van der Waals surface area contributed by atoms with Gasteiger partial charge in [-0.1, -0.05) is 19.3 Å². The molecule has 0 radical (unpaired) electrons. The molecule has 112 valence electrons.